The molecule has 3 rings (SSSR count). The number of hydrogen-bond donors (Lipinski definition) is 1. The predicted octanol–water partition coefficient (Wildman–Crippen LogP) is 1.33. The molecule has 1 aliphatic rings. The van der Waals surface area contributed by atoms with Crippen LogP contribution in [0.2, 0.25) is 0 Å². The van der Waals surface area contributed by atoms with E-state index in [1.54, 1.807) is 6.07 Å². The largest absolute Gasteiger partial charge is 0.450 e. The number of amides is 1. The van der Waals surface area contributed by atoms with Crippen molar-refractivity contribution in [2.45, 2.75) is 26.3 Å². The van der Waals surface area contributed by atoms with Crippen molar-refractivity contribution in [2.24, 2.45) is 0 Å². The normalized spacial score (nSPS) is 19.8. The molecular weight excluding hydrogens is 318 g/mol. The molecule has 1 saturated heterocycles. The van der Waals surface area contributed by atoms with Gasteiger partial charge in [-0.1, -0.05) is 6.07 Å². The fourth-order valence-corrected chi connectivity index (χ4v) is 4.40. The second-order valence-electron chi connectivity index (χ2n) is 5.93. The van der Waals surface area contributed by atoms with Gasteiger partial charge < -0.3 is 9.73 Å². The topological polar surface area (TPSA) is 93.5 Å². The maximum Gasteiger partial charge on any atom is 0.287 e. The maximum atomic E-state index is 12.3. The quantitative estimate of drug-likeness (QED) is 0.893. The molecule has 1 N–H and O–H groups in total. The van der Waals surface area contributed by atoms with E-state index in [1.165, 1.54) is 0 Å². The highest BCUT2D eigenvalue weighted by Crippen LogP contribution is 2.20. The highest BCUT2D eigenvalue weighted by atomic mass is 32.2. The summed E-state index contributed by atoms with van der Waals surface area (Å²) in [7, 11) is -3.09. The van der Waals surface area contributed by atoms with Gasteiger partial charge in [0, 0.05) is 12.1 Å². The molecule has 1 amide bonds. The number of fused-ring (bicyclic) bond motifs is 1. The Balaban J connectivity index is 1.95. The van der Waals surface area contributed by atoms with Gasteiger partial charge in [-0.2, -0.15) is 0 Å². The number of benzene rings is 1. The lowest BCUT2D eigenvalue weighted by Gasteiger charge is -2.11. The van der Waals surface area contributed by atoms with E-state index in [0.29, 0.717) is 17.4 Å². The molecule has 0 aliphatic carbocycles. The summed E-state index contributed by atoms with van der Waals surface area (Å²) in [5.74, 6) is -0.667. The zero-order valence-corrected chi connectivity index (χ0v) is 13.7. The molecule has 23 heavy (non-hydrogen) atoms. The Hall–Kier alpha value is -2.15. The number of carbonyl (C=O) groups excluding carboxylic acids is 1. The summed E-state index contributed by atoms with van der Waals surface area (Å²) in [6, 6.07) is 4.22. The van der Waals surface area contributed by atoms with E-state index in [1.807, 2.05) is 19.9 Å². The summed E-state index contributed by atoms with van der Waals surface area (Å²) in [4.78, 5) is 24.4. The molecule has 1 aromatic heterocycles. The van der Waals surface area contributed by atoms with Crippen molar-refractivity contribution < 1.29 is 17.6 Å². The van der Waals surface area contributed by atoms with Crippen LogP contribution in [0, 0.1) is 13.8 Å². The molecule has 122 valence electrons. The van der Waals surface area contributed by atoms with Crippen LogP contribution in [0.1, 0.15) is 28.1 Å². The van der Waals surface area contributed by atoms with E-state index in [9.17, 15) is 18.0 Å². The first kappa shape index (κ1) is 15.7. The maximum absolute atomic E-state index is 12.3. The van der Waals surface area contributed by atoms with Crippen molar-refractivity contribution in [1.82, 2.24) is 5.32 Å². The van der Waals surface area contributed by atoms with Gasteiger partial charge >= 0.3 is 0 Å². The number of hydrogen-bond acceptors (Lipinski definition) is 5. The lowest BCUT2D eigenvalue weighted by molar-refractivity contribution is 0.0913. The molecule has 2 aromatic rings. The van der Waals surface area contributed by atoms with Crippen LogP contribution in [0.5, 0.6) is 0 Å². The zero-order valence-electron chi connectivity index (χ0n) is 12.9. The minimum atomic E-state index is -3.09. The van der Waals surface area contributed by atoms with Gasteiger partial charge in [0.2, 0.25) is 0 Å². The molecule has 1 fully saturated rings. The van der Waals surface area contributed by atoms with Crippen LogP contribution in [-0.4, -0.2) is 31.9 Å². The summed E-state index contributed by atoms with van der Waals surface area (Å²) in [6.45, 7) is 3.72. The third kappa shape index (κ3) is 3.01. The molecule has 0 spiro atoms. The number of carbonyl (C=O) groups is 1. The molecule has 1 aliphatic heterocycles. The van der Waals surface area contributed by atoms with Gasteiger partial charge in [0.1, 0.15) is 5.58 Å². The smallest absolute Gasteiger partial charge is 0.287 e. The SMILES string of the molecule is Cc1ccc2c(=O)cc(C(=O)N[C@H]3CCS(=O)(=O)C3)oc2c1C. The van der Waals surface area contributed by atoms with Crippen LogP contribution >= 0.6 is 0 Å². The Bertz CT molecular complexity index is 958. The first-order valence-electron chi connectivity index (χ1n) is 7.32. The summed E-state index contributed by atoms with van der Waals surface area (Å²) < 4.78 is 28.5. The Morgan fingerprint density at radius 1 is 1.30 bits per heavy atom. The van der Waals surface area contributed by atoms with Crippen LogP contribution < -0.4 is 10.7 Å². The average Bonchev–Trinajstić information content (AvgIpc) is 2.82. The van der Waals surface area contributed by atoms with E-state index in [-0.39, 0.29) is 22.7 Å². The third-order valence-corrected chi connectivity index (χ3v) is 5.98. The van der Waals surface area contributed by atoms with Gasteiger partial charge in [0.25, 0.3) is 5.91 Å². The highest BCUT2D eigenvalue weighted by Gasteiger charge is 2.29. The second kappa shape index (κ2) is 5.49. The van der Waals surface area contributed by atoms with Crippen LogP contribution in [0.3, 0.4) is 0 Å². The minimum Gasteiger partial charge on any atom is -0.450 e. The summed E-state index contributed by atoms with van der Waals surface area (Å²) in [6.07, 6.45) is 0.379. The van der Waals surface area contributed by atoms with Gasteiger partial charge in [-0.15, -0.1) is 0 Å². The van der Waals surface area contributed by atoms with Gasteiger partial charge in [-0.25, -0.2) is 8.42 Å². The Labute approximate surface area is 133 Å². The van der Waals surface area contributed by atoms with Crippen molar-refractivity contribution in [2.75, 3.05) is 11.5 Å². The van der Waals surface area contributed by atoms with Crippen LogP contribution in [0.15, 0.2) is 27.4 Å². The fourth-order valence-electron chi connectivity index (χ4n) is 2.73. The van der Waals surface area contributed by atoms with Gasteiger partial charge in [0.15, 0.2) is 21.0 Å². The molecule has 7 heteroatoms. The van der Waals surface area contributed by atoms with Crippen molar-refractivity contribution in [3.05, 3.63) is 45.3 Å². The number of aryl methyl sites for hydroxylation is 2. The number of rotatable bonds is 2. The molecule has 1 aromatic carbocycles. The fraction of sp³-hybridized carbons (Fsp3) is 0.375. The van der Waals surface area contributed by atoms with Crippen LogP contribution in [0.4, 0.5) is 0 Å². The number of nitrogens with one attached hydrogen (secondary N) is 1. The molecular formula is C16H17NO5S. The second-order valence-corrected chi connectivity index (χ2v) is 8.16. The summed E-state index contributed by atoms with van der Waals surface area (Å²) in [5, 5.41) is 3.05. The highest BCUT2D eigenvalue weighted by molar-refractivity contribution is 7.91. The first-order chi connectivity index (χ1) is 10.8. The van der Waals surface area contributed by atoms with Gasteiger partial charge in [-0.3, -0.25) is 9.59 Å². The third-order valence-electron chi connectivity index (χ3n) is 4.21. The van der Waals surface area contributed by atoms with Crippen LogP contribution in [0.25, 0.3) is 11.0 Å². The van der Waals surface area contributed by atoms with E-state index in [2.05, 4.69) is 5.32 Å². The van der Waals surface area contributed by atoms with E-state index in [4.69, 9.17) is 4.42 Å². The summed E-state index contributed by atoms with van der Waals surface area (Å²) >= 11 is 0. The summed E-state index contributed by atoms with van der Waals surface area (Å²) in [5.41, 5.74) is 1.86. The molecule has 0 unspecified atom stereocenters. The van der Waals surface area contributed by atoms with Gasteiger partial charge in [0.05, 0.1) is 16.9 Å². The monoisotopic (exact) mass is 335 g/mol. The number of sulfone groups is 1. The van der Waals surface area contributed by atoms with E-state index in [0.717, 1.165) is 17.2 Å². The van der Waals surface area contributed by atoms with Crippen molar-refractivity contribution in [3.63, 3.8) is 0 Å². The molecule has 0 bridgehead atoms. The Kier molecular flexibility index (Phi) is 3.75. The predicted molar refractivity (Wildman–Crippen MR) is 86.5 cm³/mol. The molecule has 2 heterocycles. The standard InChI is InChI=1S/C16H17NO5S/c1-9-3-4-12-13(18)7-14(22-15(12)10(9)2)16(19)17-11-5-6-23(20,21)8-11/h3-4,7,11H,5-6,8H2,1-2H3,(H,17,19)/t11-/m0/s1. The first-order valence-corrected chi connectivity index (χ1v) is 9.14. The molecule has 1 atom stereocenters. The minimum absolute atomic E-state index is 0.0674. The lowest BCUT2D eigenvalue weighted by atomic mass is 10.1. The van der Waals surface area contributed by atoms with Crippen molar-refractivity contribution in [3.8, 4) is 0 Å². The van der Waals surface area contributed by atoms with E-state index >= 15 is 0 Å². The van der Waals surface area contributed by atoms with Crippen molar-refractivity contribution >= 4 is 26.7 Å². The van der Waals surface area contributed by atoms with Crippen LogP contribution in [-0.2, 0) is 9.84 Å². The Morgan fingerprint density at radius 3 is 2.70 bits per heavy atom. The molecule has 0 radical (unpaired) electrons. The lowest BCUT2D eigenvalue weighted by Crippen LogP contribution is -2.35. The Morgan fingerprint density at radius 2 is 2.04 bits per heavy atom. The van der Waals surface area contributed by atoms with E-state index < -0.39 is 21.8 Å². The van der Waals surface area contributed by atoms with Crippen molar-refractivity contribution in [1.29, 1.82) is 0 Å². The molecule has 0 saturated carbocycles. The zero-order chi connectivity index (χ0) is 16.8. The van der Waals surface area contributed by atoms with Gasteiger partial charge in [-0.05, 0) is 37.5 Å². The average molecular weight is 335 g/mol. The molecule has 6 nitrogen and oxygen atoms in total.